The van der Waals surface area contributed by atoms with Crippen LogP contribution in [0.1, 0.15) is 61.4 Å². The van der Waals surface area contributed by atoms with Crippen molar-refractivity contribution in [3.63, 3.8) is 0 Å². The first-order valence-corrected chi connectivity index (χ1v) is 19.1. The SMILES string of the molecule is CCOC(=O)c1c(NC(=O)C(Sc2cccc(NC(=O)/C(=C/c3ccccc3F)NC(=O)c3ccccc3)c2)c2ccccc2)sc2c1CCN(C(C)=O)C2. The molecule has 0 fully saturated rings. The van der Waals surface area contributed by atoms with Crippen LogP contribution in [-0.4, -0.2) is 47.6 Å². The van der Waals surface area contributed by atoms with E-state index >= 15 is 0 Å². The number of nitrogens with zero attached hydrogens (tertiary/aromatic N) is 1. The van der Waals surface area contributed by atoms with Crippen molar-refractivity contribution in [2.75, 3.05) is 23.8 Å². The lowest BCUT2D eigenvalue weighted by molar-refractivity contribution is -0.129. The highest BCUT2D eigenvalue weighted by Gasteiger charge is 2.32. The van der Waals surface area contributed by atoms with Gasteiger partial charge in [0.25, 0.3) is 11.8 Å². The number of anilines is 2. The van der Waals surface area contributed by atoms with Crippen LogP contribution in [0.15, 0.2) is 120 Å². The third-order valence-electron chi connectivity index (χ3n) is 8.64. The van der Waals surface area contributed by atoms with Crippen LogP contribution < -0.4 is 16.0 Å². The summed E-state index contributed by atoms with van der Waals surface area (Å²) in [6.45, 7) is 4.16. The Morgan fingerprint density at radius 2 is 1.62 bits per heavy atom. The molecule has 0 saturated carbocycles. The van der Waals surface area contributed by atoms with E-state index in [1.54, 1.807) is 72.5 Å². The zero-order valence-electron chi connectivity index (χ0n) is 30.0. The number of hydrogen-bond acceptors (Lipinski definition) is 8. The van der Waals surface area contributed by atoms with Crippen molar-refractivity contribution in [1.29, 1.82) is 0 Å². The maximum absolute atomic E-state index is 14.7. The van der Waals surface area contributed by atoms with E-state index in [1.165, 1.54) is 54.3 Å². The molecule has 2 heterocycles. The highest BCUT2D eigenvalue weighted by atomic mass is 32.2. The molecule has 0 bridgehead atoms. The molecule has 5 aromatic rings. The minimum absolute atomic E-state index is 0.0736. The molecule has 1 aliphatic heterocycles. The molecule has 4 amide bonds. The summed E-state index contributed by atoms with van der Waals surface area (Å²) in [4.78, 5) is 69.5. The van der Waals surface area contributed by atoms with Gasteiger partial charge in [-0.25, -0.2) is 9.18 Å². The van der Waals surface area contributed by atoms with Crippen LogP contribution in [-0.2, 0) is 32.1 Å². The maximum atomic E-state index is 14.7. The second-order valence-corrected chi connectivity index (χ2v) is 14.7. The van der Waals surface area contributed by atoms with Gasteiger partial charge in [-0.15, -0.1) is 23.1 Å². The second-order valence-electron chi connectivity index (χ2n) is 12.4. The van der Waals surface area contributed by atoms with Gasteiger partial charge < -0.3 is 25.6 Å². The van der Waals surface area contributed by atoms with E-state index in [9.17, 15) is 28.4 Å². The molecule has 6 rings (SSSR count). The van der Waals surface area contributed by atoms with Gasteiger partial charge >= 0.3 is 5.97 Å². The fourth-order valence-electron chi connectivity index (χ4n) is 5.93. The predicted octanol–water partition coefficient (Wildman–Crippen LogP) is 7.85. The number of fused-ring (bicyclic) bond motifs is 1. The van der Waals surface area contributed by atoms with Crippen molar-refractivity contribution >= 4 is 69.5 Å². The Bertz CT molecular complexity index is 2260. The summed E-state index contributed by atoms with van der Waals surface area (Å²) in [5, 5.41) is 7.97. The van der Waals surface area contributed by atoms with Crippen LogP contribution >= 0.6 is 23.1 Å². The van der Waals surface area contributed by atoms with Crippen molar-refractivity contribution in [1.82, 2.24) is 10.2 Å². The Hall–Kier alpha value is -6.05. The quantitative estimate of drug-likeness (QED) is 0.0668. The van der Waals surface area contributed by atoms with Crippen LogP contribution in [0, 0.1) is 5.82 Å². The number of nitrogens with one attached hydrogen (secondary N) is 3. The summed E-state index contributed by atoms with van der Waals surface area (Å²) in [5.74, 6) is -2.81. The second kappa shape index (κ2) is 17.9. The van der Waals surface area contributed by atoms with Crippen LogP contribution in [0.3, 0.4) is 0 Å². The van der Waals surface area contributed by atoms with Crippen LogP contribution in [0.5, 0.6) is 0 Å². The lowest BCUT2D eigenvalue weighted by atomic mass is 10.0. The zero-order chi connectivity index (χ0) is 38.9. The van der Waals surface area contributed by atoms with Crippen LogP contribution in [0.2, 0.25) is 0 Å². The molecular weight excluding hydrogens is 740 g/mol. The van der Waals surface area contributed by atoms with Gasteiger partial charge in [-0.05, 0) is 66.9 Å². The van der Waals surface area contributed by atoms with Crippen LogP contribution in [0.4, 0.5) is 15.1 Å². The first-order chi connectivity index (χ1) is 26.6. The molecule has 13 heteroatoms. The summed E-state index contributed by atoms with van der Waals surface area (Å²) >= 11 is 2.49. The van der Waals surface area contributed by atoms with Gasteiger partial charge in [0, 0.05) is 40.1 Å². The molecule has 1 atom stereocenters. The first-order valence-electron chi connectivity index (χ1n) is 17.4. The standard InChI is InChI=1S/C42H37FN4O6S2/c1-3-53-42(52)36-32-21-22-47(26(2)48)25-35(32)55-41(36)46-40(51)37(27-13-6-4-7-14-27)54-31-19-12-18-30(24-31)44-39(50)34(23-29-17-10-11-20-33(29)43)45-38(49)28-15-8-5-9-16-28/h4-20,23-24,37H,3,21-22,25H2,1-2H3,(H,44,50)(H,45,49)(H,46,51)/b34-23-. The number of thiophene rings is 1. The summed E-state index contributed by atoms with van der Waals surface area (Å²) in [6, 6.07) is 30.2. The van der Waals surface area contributed by atoms with Gasteiger partial charge in [0.1, 0.15) is 21.8 Å². The monoisotopic (exact) mass is 776 g/mol. The minimum atomic E-state index is -0.795. The highest BCUT2D eigenvalue weighted by Crippen LogP contribution is 2.41. The predicted molar refractivity (Wildman–Crippen MR) is 212 cm³/mol. The average molecular weight is 777 g/mol. The third kappa shape index (κ3) is 9.55. The van der Waals surface area contributed by atoms with Gasteiger partial charge in [-0.1, -0.05) is 72.8 Å². The molecule has 1 aromatic heterocycles. The number of benzene rings is 4. The number of halogens is 1. The molecule has 1 unspecified atom stereocenters. The molecule has 0 saturated heterocycles. The molecule has 55 heavy (non-hydrogen) atoms. The van der Waals surface area contributed by atoms with Crippen LogP contribution in [0.25, 0.3) is 6.08 Å². The van der Waals surface area contributed by atoms with Gasteiger partial charge in [-0.3, -0.25) is 19.2 Å². The number of carbonyl (C=O) groups is 5. The summed E-state index contributed by atoms with van der Waals surface area (Å²) in [5.41, 5.74) is 2.37. The number of rotatable bonds is 12. The smallest absolute Gasteiger partial charge is 0.341 e. The van der Waals surface area contributed by atoms with Crippen molar-refractivity contribution in [2.24, 2.45) is 0 Å². The first kappa shape index (κ1) is 38.7. The number of thioether (sulfide) groups is 1. The minimum Gasteiger partial charge on any atom is -0.462 e. The zero-order valence-corrected chi connectivity index (χ0v) is 31.6. The normalized spacial score (nSPS) is 12.9. The molecule has 10 nitrogen and oxygen atoms in total. The Labute approximate surface area is 325 Å². The van der Waals surface area contributed by atoms with E-state index < -0.39 is 34.8 Å². The largest absolute Gasteiger partial charge is 0.462 e. The number of hydrogen-bond donors (Lipinski definition) is 3. The molecule has 0 aliphatic carbocycles. The van der Waals surface area contributed by atoms with E-state index in [1.807, 2.05) is 30.3 Å². The van der Waals surface area contributed by atoms with E-state index in [0.717, 1.165) is 10.4 Å². The van der Waals surface area contributed by atoms with Gasteiger partial charge in [0.05, 0.1) is 18.7 Å². The Balaban J connectivity index is 1.26. The fourth-order valence-corrected chi connectivity index (χ4v) is 8.27. The van der Waals surface area contributed by atoms with E-state index in [-0.39, 0.29) is 23.8 Å². The van der Waals surface area contributed by atoms with Crippen molar-refractivity contribution in [3.8, 4) is 0 Å². The van der Waals surface area contributed by atoms with Gasteiger partial charge in [0.2, 0.25) is 11.8 Å². The van der Waals surface area contributed by atoms with Crippen molar-refractivity contribution < 1.29 is 33.1 Å². The Morgan fingerprint density at radius 1 is 0.909 bits per heavy atom. The average Bonchev–Trinajstić information content (AvgIpc) is 3.55. The van der Waals surface area contributed by atoms with E-state index in [0.29, 0.717) is 51.8 Å². The number of amides is 4. The molecule has 0 spiro atoms. The molecule has 3 N–H and O–H groups in total. The fraction of sp³-hybridized carbons (Fsp3) is 0.167. The third-order valence-corrected chi connectivity index (χ3v) is 11.0. The number of ether oxygens (including phenoxy) is 1. The summed E-state index contributed by atoms with van der Waals surface area (Å²) < 4.78 is 20.0. The molecular formula is C42H37FN4O6S2. The molecule has 1 aliphatic rings. The Kier molecular flexibility index (Phi) is 12.5. The molecule has 4 aromatic carbocycles. The summed E-state index contributed by atoms with van der Waals surface area (Å²) in [7, 11) is 0. The molecule has 0 radical (unpaired) electrons. The lowest BCUT2D eigenvalue weighted by Crippen LogP contribution is -2.34. The maximum Gasteiger partial charge on any atom is 0.341 e. The van der Waals surface area contributed by atoms with Crippen molar-refractivity contribution in [2.45, 2.75) is 37.0 Å². The van der Waals surface area contributed by atoms with E-state index in [4.69, 9.17) is 4.74 Å². The van der Waals surface area contributed by atoms with Gasteiger partial charge in [0.15, 0.2) is 0 Å². The lowest BCUT2D eigenvalue weighted by Gasteiger charge is -2.25. The Morgan fingerprint density at radius 3 is 2.33 bits per heavy atom. The van der Waals surface area contributed by atoms with Crippen molar-refractivity contribution in [3.05, 3.63) is 153 Å². The highest BCUT2D eigenvalue weighted by molar-refractivity contribution is 8.00. The van der Waals surface area contributed by atoms with Gasteiger partial charge in [-0.2, -0.15) is 0 Å². The molecule has 280 valence electrons. The number of carbonyl (C=O) groups excluding carboxylic acids is 5. The topological polar surface area (TPSA) is 134 Å². The van der Waals surface area contributed by atoms with E-state index in [2.05, 4.69) is 16.0 Å². The number of esters is 1. The summed E-state index contributed by atoms with van der Waals surface area (Å²) in [6.07, 6.45) is 1.72.